The number of hydrogen-bond donors (Lipinski definition) is 1. The van der Waals surface area contributed by atoms with Gasteiger partial charge in [0.2, 0.25) is 5.95 Å². The van der Waals surface area contributed by atoms with Gasteiger partial charge < -0.3 is 24.3 Å². The Morgan fingerprint density at radius 2 is 1.87 bits per heavy atom. The van der Waals surface area contributed by atoms with Gasteiger partial charge in [-0.15, -0.1) is 13.2 Å². The molecule has 1 N–H and O–H groups in total. The van der Waals surface area contributed by atoms with E-state index >= 15 is 0 Å². The van der Waals surface area contributed by atoms with Gasteiger partial charge in [-0.2, -0.15) is 4.98 Å². The summed E-state index contributed by atoms with van der Waals surface area (Å²) >= 11 is 5.98. The molecule has 1 fully saturated rings. The molecule has 12 heteroatoms. The monoisotopic (exact) mass is 556 g/mol. The van der Waals surface area contributed by atoms with Gasteiger partial charge >= 0.3 is 6.36 Å². The molecule has 39 heavy (non-hydrogen) atoms. The first-order chi connectivity index (χ1) is 18.8. The summed E-state index contributed by atoms with van der Waals surface area (Å²) in [5.74, 6) is 1.65. The Morgan fingerprint density at radius 3 is 2.51 bits per heavy atom. The Bertz CT molecular complexity index is 1500. The minimum Gasteiger partial charge on any atom is -0.494 e. The van der Waals surface area contributed by atoms with E-state index in [0.717, 1.165) is 66.4 Å². The third kappa shape index (κ3) is 5.18. The predicted molar refractivity (Wildman–Crippen MR) is 141 cm³/mol. The number of alkyl halides is 3. The number of benzene rings is 2. The van der Waals surface area contributed by atoms with Crippen LogP contribution in [-0.4, -0.2) is 46.1 Å². The average molecular weight is 557 g/mol. The Labute approximate surface area is 227 Å². The van der Waals surface area contributed by atoms with Crippen LogP contribution in [0.25, 0.3) is 5.69 Å². The van der Waals surface area contributed by atoms with Crippen molar-refractivity contribution in [2.75, 3.05) is 30.4 Å². The van der Waals surface area contributed by atoms with Gasteiger partial charge in [-0.1, -0.05) is 23.7 Å². The number of nitrogens with zero attached hydrogens (tertiary/aromatic N) is 5. The number of aromatic nitrogens is 4. The molecular weight excluding hydrogens is 533 g/mol. The number of nitrogens with one attached hydrogen (secondary N) is 1. The lowest BCUT2D eigenvalue weighted by Crippen LogP contribution is -2.38. The Hall–Kier alpha value is -3.99. The fourth-order valence-electron chi connectivity index (χ4n) is 5.04. The molecule has 0 radical (unpaired) electrons. The second-order valence-electron chi connectivity index (χ2n) is 9.40. The third-order valence-electron chi connectivity index (χ3n) is 6.97. The van der Waals surface area contributed by atoms with Crippen molar-refractivity contribution in [3.63, 3.8) is 0 Å². The van der Waals surface area contributed by atoms with Crippen LogP contribution in [0.15, 0.2) is 55.0 Å². The van der Waals surface area contributed by atoms with E-state index < -0.39 is 6.36 Å². The highest BCUT2D eigenvalue weighted by molar-refractivity contribution is 6.29. The number of methoxy groups -OCH3 is 1. The fraction of sp³-hybridized carbons (Fsp3) is 0.296. The molecule has 0 unspecified atom stereocenters. The zero-order chi connectivity index (χ0) is 27.1. The molecule has 2 aromatic carbocycles. The smallest absolute Gasteiger partial charge is 0.494 e. The van der Waals surface area contributed by atoms with E-state index in [-0.39, 0.29) is 11.7 Å². The lowest BCUT2D eigenvalue weighted by molar-refractivity contribution is -0.274. The van der Waals surface area contributed by atoms with Crippen LogP contribution in [0.3, 0.4) is 0 Å². The molecule has 8 nitrogen and oxygen atoms in total. The van der Waals surface area contributed by atoms with E-state index in [1.54, 1.807) is 36.3 Å². The van der Waals surface area contributed by atoms with Crippen LogP contribution in [0.1, 0.15) is 35.6 Å². The van der Waals surface area contributed by atoms with E-state index in [2.05, 4.69) is 19.9 Å². The highest BCUT2D eigenvalue weighted by Crippen LogP contribution is 2.43. The largest absolute Gasteiger partial charge is 0.573 e. The number of rotatable bonds is 7. The molecule has 2 aromatic heterocycles. The lowest BCUT2D eigenvalue weighted by Gasteiger charge is -2.33. The van der Waals surface area contributed by atoms with Gasteiger partial charge in [-0.25, -0.2) is 9.97 Å². The molecule has 202 valence electrons. The van der Waals surface area contributed by atoms with Crippen LogP contribution in [-0.2, 0) is 6.42 Å². The number of fused-ring (bicyclic) bond motifs is 1. The SMILES string of the molecule is COc1cc(Nc2nc3c(c(N4CCC4)n2)CC[C@H]3c2ccc(OC(F)(F)F)cc2)ccc1-n1cnc(Cl)c1. The highest BCUT2D eigenvalue weighted by atomic mass is 35.5. The quantitative estimate of drug-likeness (QED) is 0.288. The first kappa shape index (κ1) is 25.3. The molecule has 1 aliphatic carbocycles. The molecule has 1 saturated heterocycles. The van der Waals surface area contributed by atoms with Crippen molar-refractivity contribution in [3.05, 3.63) is 77.0 Å². The minimum atomic E-state index is -4.73. The van der Waals surface area contributed by atoms with Crippen molar-refractivity contribution >= 4 is 29.1 Å². The van der Waals surface area contributed by atoms with E-state index in [4.69, 9.17) is 26.3 Å². The summed E-state index contributed by atoms with van der Waals surface area (Å²) in [6.45, 7) is 1.85. The number of halogens is 4. The van der Waals surface area contributed by atoms with Gasteiger partial charge in [0.1, 0.15) is 28.8 Å². The number of ether oxygens (including phenoxy) is 2. The van der Waals surface area contributed by atoms with Crippen molar-refractivity contribution in [1.82, 2.24) is 19.5 Å². The van der Waals surface area contributed by atoms with E-state index in [1.165, 1.54) is 12.1 Å². The summed E-state index contributed by atoms with van der Waals surface area (Å²) in [7, 11) is 1.59. The second-order valence-corrected chi connectivity index (χ2v) is 9.79. The Balaban J connectivity index is 1.32. The van der Waals surface area contributed by atoms with Gasteiger partial charge in [-0.05, 0) is 49.1 Å². The van der Waals surface area contributed by atoms with Crippen molar-refractivity contribution in [1.29, 1.82) is 0 Å². The maximum absolute atomic E-state index is 12.6. The minimum absolute atomic E-state index is 0.0635. The first-order valence-electron chi connectivity index (χ1n) is 12.4. The van der Waals surface area contributed by atoms with Crippen LogP contribution < -0.4 is 19.7 Å². The molecule has 0 spiro atoms. The van der Waals surface area contributed by atoms with Crippen molar-refractivity contribution in [2.45, 2.75) is 31.5 Å². The normalized spacial score (nSPS) is 16.5. The summed E-state index contributed by atoms with van der Waals surface area (Å²) in [5, 5.41) is 3.69. The van der Waals surface area contributed by atoms with Crippen LogP contribution in [0.2, 0.25) is 5.15 Å². The number of anilines is 3. The van der Waals surface area contributed by atoms with Gasteiger partial charge in [-0.3, -0.25) is 0 Å². The van der Waals surface area contributed by atoms with Crippen LogP contribution in [0.4, 0.5) is 30.6 Å². The van der Waals surface area contributed by atoms with Crippen LogP contribution in [0, 0.1) is 0 Å². The molecule has 4 aromatic rings. The standard InChI is InChI=1S/C27H24ClF3N6O2/c1-38-22-13-17(5-10-21(22)37-14-23(28)32-15-37)33-26-34-24-19(8-9-20(24)25(35-26)36-11-2-12-36)16-3-6-18(7-4-16)39-27(29,30)31/h3-7,10,13-15,19H,2,8-9,11-12H2,1H3,(H,33,34,35)/t19-/m0/s1. The zero-order valence-corrected chi connectivity index (χ0v) is 21.6. The van der Waals surface area contributed by atoms with Gasteiger partial charge in [0.05, 0.1) is 18.5 Å². The van der Waals surface area contributed by atoms with Gasteiger partial charge in [0, 0.05) is 42.5 Å². The Morgan fingerprint density at radius 1 is 1.08 bits per heavy atom. The molecule has 0 saturated carbocycles. The maximum atomic E-state index is 12.6. The summed E-state index contributed by atoms with van der Waals surface area (Å²) < 4.78 is 49.3. The van der Waals surface area contributed by atoms with Gasteiger partial charge in [0.15, 0.2) is 0 Å². The molecule has 0 bridgehead atoms. The summed E-state index contributed by atoms with van der Waals surface area (Å²) in [6, 6.07) is 11.7. The molecule has 2 aliphatic rings. The van der Waals surface area contributed by atoms with E-state index in [1.807, 2.05) is 18.2 Å². The molecule has 3 heterocycles. The van der Waals surface area contributed by atoms with E-state index in [0.29, 0.717) is 16.9 Å². The molecule has 1 aliphatic heterocycles. The maximum Gasteiger partial charge on any atom is 0.573 e. The molecule has 1 atom stereocenters. The fourth-order valence-corrected chi connectivity index (χ4v) is 5.19. The average Bonchev–Trinajstić information content (AvgIpc) is 3.49. The van der Waals surface area contributed by atoms with E-state index in [9.17, 15) is 13.2 Å². The molecule has 0 amide bonds. The topological polar surface area (TPSA) is 77.3 Å². The summed E-state index contributed by atoms with van der Waals surface area (Å²) in [5.41, 5.74) is 4.37. The lowest BCUT2D eigenvalue weighted by atomic mass is 9.96. The third-order valence-corrected chi connectivity index (χ3v) is 7.16. The number of hydrogen-bond acceptors (Lipinski definition) is 7. The molecular formula is C27H24ClF3N6O2. The van der Waals surface area contributed by atoms with Crippen molar-refractivity contribution in [3.8, 4) is 17.2 Å². The second kappa shape index (κ2) is 9.96. The summed E-state index contributed by atoms with van der Waals surface area (Å²) in [6.07, 6.45) is 1.26. The number of imidazole rings is 1. The van der Waals surface area contributed by atoms with Crippen molar-refractivity contribution < 1.29 is 22.6 Å². The summed E-state index contributed by atoms with van der Waals surface area (Å²) in [4.78, 5) is 16.1. The predicted octanol–water partition coefficient (Wildman–Crippen LogP) is 6.25. The first-order valence-corrected chi connectivity index (χ1v) is 12.8. The Kier molecular flexibility index (Phi) is 6.46. The van der Waals surface area contributed by atoms with Crippen LogP contribution in [0.5, 0.6) is 11.5 Å². The highest BCUT2D eigenvalue weighted by Gasteiger charge is 2.34. The van der Waals surface area contributed by atoms with Crippen LogP contribution >= 0.6 is 11.6 Å². The van der Waals surface area contributed by atoms with Gasteiger partial charge in [0.25, 0.3) is 0 Å². The molecule has 6 rings (SSSR count). The zero-order valence-electron chi connectivity index (χ0n) is 20.9. The van der Waals surface area contributed by atoms with Crippen molar-refractivity contribution in [2.24, 2.45) is 0 Å².